The summed E-state index contributed by atoms with van der Waals surface area (Å²) in [4.78, 5) is 20.3. The molecule has 1 fully saturated rings. The number of H-pyrrole nitrogens is 1. The first kappa shape index (κ1) is 20.5. The topological polar surface area (TPSA) is 45.3 Å². The van der Waals surface area contributed by atoms with Crippen LogP contribution in [-0.2, 0) is 11.2 Å². The van der Waals surface area contributed by atoms with E-state index in [2.05, 4.69) is 22.0 Å². The fourth-order valence-electron chi connectivity index (χ4n) is 5.43. The highest BCUT2D eigenvalue weighted by molar-refractivity contribution is 7.80. The third kappa shape index (κ3) is 3.03. The maximum absolute atomic E-state index is 13.9. The van der Waals surface area contributed by atoms with Crippen molar-refractivity contribution >= 4 is 45.5 Å². The van der Waals surface area contributed by atoms with Gasteiger partial charge in [-0.2, -0.15) is 0 Å². The molecule has 3 aromatic carbocycles. The fourth-order valence-corrected chi connectivity index (χ4v) is 6.03. The predicted octanol–water partition coefficient (Wildman–Crippen LogP) is 5.84. The Bertz CT molecular complexity index is 1410. The van der Waals surface area contributed by atoms with Crippen molar-refractivity contribution < 1.29 is 9.53 Å². The number of nitrogens with one attached hydrogen (secondary N) is 1. The number of ether oxygens (including phenoxy) is 1. The highest BCUT2D eigenvalue weighted by Gasteiger charge is 2.52. The van der Waals surface area contributed by atoms with Crippen molar-refractivity contribution in [2.75, 3.05) is 7.11 Å². The van der Waals surface area contributed by atoms with Gasteiger partial charge in [0, 0.05) is 33.6 Å². The Hall–Kier alpha value is -3.15. The summed E-state index contributed by atoms with van der Waals surface area (Å²) in [6.45, 7) is 0. The first-order chi connectivity index (χ1) is 16.1. The number of aromatic nitrogens is 1. The number of ketones is 1. The summed E-state index contributed by atoms with van der Waals surface area (Å²) in [5, 5.41) is 1.83. The summed E-state index contributed by atoms with van der Waals surface area (Å²) < 4.78 is 5.59. The molecule has 4 aromatic rings. The van der Waals surface area contributed by atoms with Crippen LogP contribution < -0.4 is 4.74 Å². The summed E-state index contributed by atoms with van der Waals surface area (Å²) in [5.41, 5.74) is 5.22. The number of fused-ring (bicyclic) bond motifs is 4. The highest BCUT2D eigenvalue weighted by atomic mass is 35.5. The van der Waals surface area contributed by atoms with Crippen LogP contribution >= 0.6 is 23.8 Å². The van der Waals surface area contributed by atoms with Crippen molar-refractivity contribution in [2.24, 2.45) is 0 Å². The SMILES string of the molecule is COc1ccccc1[C@@H]1C(=O)[C@@H]2Cc3c([nH]c4ccccc34)[C@H](c3ccc(Cl)cc3)N2C1=S. The second-order valence-electron chi connectivity index (χ2n) is 8.56. The minimum Gasteiger partial charge on any atom is -0.496 e. The van der Waals surface area contributed by atoms with E-state index < -0.39 is 5.92 Å². The minimum atomic E-state index is -0.508. The summed E-state index contributed by atoms with van der Waals surface area (Å²) in [5.74, 6) is 0.302. The number of para-hydroxylation sites is 2. The van der Waals surface area contributed by atoms with Gasteiger partial charge in [-0.3, -0.25) is 4.79 Å². The van der Waals surface area contributed by atoms with Crippen molar-refractivity contribution in [3.05, 3.63) is 100 Å². The van der Waals surface area contributed by atoms with Gasteiger partial charge in [-0.05, 0) is 35.4 Å². The number of halogens is 1. The van der Waals surface area contributed by atoms with E-state index in [9.17, 15) is 4.79 Å². The maximum Gasteiger partial charge on any atom is 0.169 e. The van der Waals surface area contributed by atoms with Crippen LogP contribution in [0.15, 0.2) is 72.8 Å². The standard InChI is InChI=1S/C27H21ClN2O2S/c1-32-22-9-5-3-7-18(22)23-26(31)21-14-19-17-6-2-4-8-20(17)29-24(19)25(30(21)27(23)33)15-10-12-16(28)13-11-15/h2-13,21,23,25,29H,14H2,1H3/t21-,23+,25-/m0/s1. The van der Waals surface area contributed by atoms with Crippen LogP contribution in [-0.4, -0.2) is 33.8 Å². The molecule has 0 saturated carbocycles. The molecular formula is C27H21ClN2O2S. The van der Waals surface area contributed by atoms with Gasteiger partial charge in [-0.1, -0.05) is 72.3 Å². The zero-order valence-electron chi connectivity index (χ0n) is 17.9. The van der Waals surface area contributed by atoms with Gasteiger partial charge in [0.2, 0.25) is 0 Å². The molecule has 1 N–H and O–H groups in total. The van der Waals surface area contributed by atoms with Crippen molar-refractivity contribution in [1.29, 1.82) is 0 Å². The number of carbonyl (C=O) groups excluding carboxylic acids is 1. The van der Waals surface area contributed by atoms with Gasteiger partial charge in [-0.15, -0.1) is 0 Å². The number of nitrogens with zero attached hydrogens (tertiary/aromatic N) is 1. The number of Topliss-reactive ketones (excluding diaryl/α,β-unsaturated/α-hetero) is 1. The molecule has 0 radical (unpaired) electrons. The zero-order valence-corrected chi connectivity index (χ0v) is 19.5. The lowest BCUT2D eigenvalue weighted by Crippen LogP contribution is -2.43. The number of methoxy groups -OCH3 is 1. The number of thiocarbonyl (C=S) groups is 1. The molecular weight excluding hydrogens is 452 g/mol. The van der Waals surface area contributed by atoms with Crippen LogP contribution in [0.5, 0.6) is 5.75 Å². The van der Waals surface area contributed by atoms with E-state index in [1.165, 1.54) is 5.56 Å². The number of aromatic amines is 1. The fraction of sp³-hybridized carbons (Fsp3) is 0.185. The monoisotopic (exact) mass is 472 g/mol. The molecule has 0 bridgehead atoms. The number of carbonyl (C=O) groups is 1. The third-order valence-electron chi connectivity index (χ3n) is 6.88. The normalized spacial score (nSPS) is 21.9. The maximum atomic E-state index is 13.9. The average molecular weight is 473 g/mol. The van der Waals surface area contributed by atoms with Crippen molar-refractivity contribution in [3.63, 3.8) is 0 Å². The van der Waals surface area contributed by atoms with Crippen LogP contribution in [0, 0.1) is 0 Å². The van der Waals surface area contributed by atoms with E-state index in [1.807, 2.05) is 60.7 Å². The van der Waals surface area contributed by atoms with Gasteiger partial charge in [0.05, 0.1) is 30.1 Å². The van der Waals surface area contributed by atoms with E-state index in [4.69, 9.17) is 28.6 Å². The largest absolute Gasteiger partial charge is 0.496 e. The van der Waals surface area contributed by atoms with Gasteiger partial charge >= 0.3 is 0 Å². The molecule has 3 heterocycles. The van der Waals surface area contributed by atoms with Gasteiger partial charge in [0.25, 0.3) is 0 Å². The first-order valence-electron chi connectivity index (χ1n) is 10.9. The van der Waals surface area contributed by atoms with Crippen LogP contribution in [0.25, 0.3) is 10.9 Å². The smallest absolute Gasteiger partial charge is 0.169 e. The Kier molecular flexibility index (Phi) is 4.78. The van der Waals surface area contributed by atoms with E-state index >= 15 is 0 Å². The molecule has 6 rings (SSSR count). The number of benzene rings is 3. The molecule has 0 spiro atoms. The molecule has 0 aliphatic carbocycles. The summed E-state index contributed by atoms with van der Waals surface area (Å²) in [6, 6.07) is 23.2. The molecule has 33 heavy (non-hydrogen) atoms. The van der Waals surface area contributed by atoms with Crippen molar-refractivity contribution in [2.45, 2.75) is 24.4 Å². The van der Waals surface area contributed by atoms with E-state index in [0.29, 0.717) is 22.2 Å². The Labute approximate surface area is 202 Å². The van der Waals surface area contributed by atoms with Crippen LogP contribution in [0.3, 0.4) is 0 Å². The Morgan fingerprint density at radius 2 is 1.76 bits per heavy atom. The van der Waals surface area contributed by atoms with Gasteiger partial charge in [0.1, 0.15) is 5.75 Å². The Morgan fingerprint density at radius 3 is 2.55 bits per heavy atom. The molecule has 3 atom stereocenters. The van der Waals surface area contributed by atoms with Gasteiger partial charge in [-0.25, -0.2) is 0 Å². The summed E-state index contributed by atoms with van der Waals surface area (Å²) in [7, 11) is 1.63. The molecule has 6 heteroatoms. The lowest BCUT2D eigenvalue weighted by molar-refractivity contribution is -0.121. The van der Waals surface area contributed by atoms with Crippen LogP contribution in [0.1, 0.15) is 34.3 Å². The molecule has 2 aliphatic heterocycles. The molecule has 0 amide bonds. The lowest BCUT2D eigenvalue weighted by atomic mass is 9.87. The van der Waals surface area contributed by atoms with Crippen LogP contribution in [0.4, 0.5) is 0 Å². The van der Waals surface area contributed by atoms with E-state index in [1.54, 1.807) is 7.11 Å². The molecule has 1 saturated heterocycles. The van der Waals surface area contributed by atoms with Crippen LogP contribution in [0.2, 0.25) is 5.02 Å². The predicted molar refractivity (Wildman–Crippen MR) is 134 cm³/mol. The Morgan fingerprint density at radius 1 is 1.03 bits per heavy atom. The Balaban J connectivity index is 1.55. The second-order valence-corrected chi connectivity index (χ2v) is 9.41. The molecule has 4 nitrogen and oxygen atoms in total. The van der Waals surface area contributed by atoms with Gasteiger partial charge < -0.3 is 14.6 Å². The lowest BCUT2D eigenvalue weighted by Gasteiger charge is -2.38. The highest BCUT2D eigenvalue weighted by Crippen LogP contribution is 2.48. The van der Waals surface area contributed by atoms with Crippen molar-refractivity contribution in [1.82, 2.24) is 9.88 Å². The summed E-state index contributed by atoms with van der Waals surface area (Å²) in [6.07, 6.45) is 0.619. The van der Waals surface area contributed by atoms with Gasteiger partial charge in [0.15, 0.2) is 5.78 Å². The summed E-state index contributed by atoms with van der Waals surface area (Å²) >= 11 is 12.2. The van der Waals surface area contributed by atoms with Crippen molar-refractivity contribution in [3.8, 4) is 5.75 Å². The van der Waals surface area contributed by atoms with E-state index in [0.717, 1.165) is 27.7 Å². The third-order valence-corrected chi connectivity index (χ3v) is 7.58. The second kappa shape index (κ2) is 7.72. The average Bonchev–Trinajstić information content (AvgIpc) is 3.33. The molecule has 2 aliphatic rings. The molecule has 1 aromatic heterocycles. The first-order valence-corrected chi connectivity index (χ1v) is 11.7. The molecule has 0 unspecified atom stereocenters. The number of hydrogen-bond donors (Lipinski definition) is 1. The molecule has 164 valence electrons. The van der Waals surface area contributed by atoms with E-state index in [-0.39, 0.29) is 17.9 Å². The quantitative estimate of drug-likeness (QED) is 0.380. The minimum absolute atomic E-state index is 0.124. The zero-order chi connectivity index (χ0) is 22.7. The number of rotatable bonds is 3. The number of hydrogen-bond acceptors (Lipinski definition) is 3.